The molecular weight excluding hydrogens is 310 g/mol. The Kier molecular flexibility index (Phi) is 5.39. The monoisotopic (exact) mass is 331 g/mol. The summed E-state index contributed by atoms with van der Waals surface area (Å²) in [4.78, 5) is 4.24. The highest BCUT2D eigenvalue weighted by Crippen LogP contribution is 2.09. The van der Waals surface area contributed by atoms with Crippen LogP contribution in [0, 0.1) is 13.8 Å². The number of hydrogen-bond donors (Lipinski definition) is 2. The number of benzene rings is 2. The number of aryl methyl sites for hydroxylation is 2. The van der Waals surface area contributed by atoms with Crippen molar-refractivity contribution in [1.82, 2.24) is 4.72 Å². The standard InChI is InChI=1S/C17H21N3O2S/c1-13-3-7-15(8-4-13)11-12-19-17(18)20-23(21,22)16-9-5-14(2)6-10-16/h3-10H,11-12H2,1-2H3,(H3,18,19,20). The predicted molar refractivity (Wildman–Crippen MR) is 92.9 cm³/mol. The summed E-state index contributed by atoms with van der Waals surface area (Å²) in [5.41, 5.74) is 8.99. The van der Waals surface area contributed by atoms with Crippen LogP contribution in [-0.4, -0.2) is 20.9 Å². The highest BCUT2D eigenvalue weighted by molar-refractivity contribution is 7.90. The maximum absolute atomic E-state index is 12.2. The number of hydrogen-bond acceptors (Lipinski definition) is 3. The van der Waals surface area contributed by atoms with Gasteiger partial charge in [-0.25, -0.2) is 13.1 Å². The molecule has 6 heteroatoms. The van der Waals surface area contributed by atoms with Gasteiger partial charge in [-0.3, -0.25) is 4.99 Å². The summed E-state index contributed by atoms with van der Waals surface area (Å²) < 4.78 is 26.6. The molecule has 3 N–H and O–H groups in total. The molecule has 0 aliphatic carbocycles. The van der Waals surface area contributed by atoms with E-state index in [1.807, 2.05) is 38.1 Å². The Morgan fingerprint density at radius 2 is 1.52 bits per heavy atom. The van der Waals surface area contributed by atoms with Crippen LogP contribution in [0.25, 0.3) is 0 Å². The van der Waals surface area contributed by atoms with E-state index in [2.05, 4.69) is 9.71 Å². The summed E-state index contributed by atoms with van der Waals surface area (Å²) in [6, 6.07) is 14.7. The largest absolute Gasteiger partial charge is 0.369 e. The highest BCUT2D eigenvalue weighted by atomic mass is 32.2. The number of nitrogens with one attached hydrogen (secondary N) is 1. The first-order valence-electron chi connectivity index (χ1n) is 7.32. The Hall–Kier alpha value is -2.34. The molecular formula is C17H21N3O2S. The second kappa shape index (κ2) is 7.28. The Balaban J connectivity index is 1.95. The first-order valence-corrected chi connectivity index (χ1v) is 8.80. The normalized spacial score (nSPS) is 12.2. The summed E-state index contributed by atoms with van der Waals surface area (Å²) in [5, 5.41) is 0. The summed E-state index contributed by atoms with van der Waals surface area (Å²) in [7, 11) is -3.68. The lowest BCUT2D eigenvalue weighted by molar-refractivity contribution is 0.592. The zero-order valence-corrected chi connectivity index (χ0v) is 14.1. The first kappa shape index (κ1) is 17.0. The second-order valence-corrected chi connectivity index (χ2v) is 7.10. The van der Waals surface area contributed by atoms with Crippen LogP contribution in [0.1, 0.15) is 16.7 Å². The smallest absolute Gasteiger partial charge is 0.264 e. The molecule has 122 valence electrons. The van der Waals surface area contributed by atoms with Gasteiger partial charge in [0.15, 0.2) is 0 Å². The zero-order valence-electron chi connectivity index (χ0n) is 13.3. The topological polar surface area (TPSA) is 84.5 Å². The molecule has 0 saturated carbocycles. The van der Waals surface area contributed by atoms with Gasteiger partial charge in [0.05, 0.1) is 4.90 Å². The van der Waals surface area contributed by atoms with Gasteiger partial charge >= 0.3 is 0 Å². The van der Waals surface area contributed by atoms with E-state index in [-0.39, 0.29) is 10.9 Å². The lowest BCUT2D eigenvalue weighted by Crippen LogP contribution is -2.37. The highest BCUT2D eigenvalue weighted by Gasteiger charge is 2.14. The lowest BCUT2D eigenvalue weighted by Gasteiger charge is -2.07. The average molecular weight is 331 g/mol. The molecule has 0 fully saturated rings. The summed E-state index contributed by atoms with van der Waals surface area (Å²) >= 11 is 0. The number of nitrogens with zero attached hydrogens (tertiary/aromatic N) is 1. The van der Waals surface area contributed by atoms with Gasteiger partial charge in [-0.05, 0) is 38.0 Å². The van der Waals surface area contributed by atoms with Gasteiger partial charge in [-0.1, -0.05) is 47.5 Å². The van der Waals surface area contributed by atoms with E-state index in [9.17, 15) is 8.42 Å². The Morgan fingerprint density at radius 3 is 2.09 bits per heavy atom. The zero-order chi connectivity index (χ0) is 16.9. The van der Waals surface area contributed by atoms with Crippen molar-refractivity contribution in [2.75, 3.05) is 6.54 Å². The van der Waals surface area contributed by atoms with E-state index in [1.54, 1.807) is 12.1 Å². The van der Waals surface area contributed by atoms with Gasteiger partial charge in [-0.15, -0.1) is 0 Å². The summed E-state index contributed by atoms with van der Waals surface area (Å²) in [5.74, 6) is -0.0994. The Labute approximate surface area is 137 Å². The number of rotatable bonds is 5. The van der Waals surface area contributed by atoms with Crippen molar-refractivity contribution in [2.45, 2.75) is 25.2 Å². The van der Waals surface area contributed by atoms with Gasteiger partial charge in [0.2, 0.25) is 5.96 Å². The molecule has 0 spiro atoms. The Morgan fingerprint density at radius 1 is 1.00 bits per heavy atom. The van der Waals surface area contributed by atoms with E-state index in [1.165, 1.54) is 17.7 Å². The lowest BCUT2D eigenvalue weighted by atomic mass is 10.1. The minimum absolute atomic E-state index is 0.0994. The fourth-order valence-electron chi connectivity index (χ4n) is 2.01. The maximum Gasteiger partial charge on any atom is 0.264 e. The van der Waals surface area contributed by atoms with Crippen LogP contribution in [0.2, 0.25) is 0 Å². The minimum Gasteiger partial charge on any atom is -0.369 e. The van der Waals surface area contributed by atoms with Gasteiger partial charge in [0.25, 0.3) is 10.0 Å². The Bertz CT molecular complexity index is 780. The molecule has 23 heavy (non-hydrogen) atoms. The number of guanidine groups is 1. The van der Waals surface area contributed by atoms with Crippen LogP contribution in [0.3, 0.4) is 0 Å². The number of aliphatic imine (C=N–C) groups is 1. The van der Waals surface area contributed by atoms with Gasteiger partial charge in [-0.2, -0.15) is 0 Å². The minimum atomic E-state index is -3.68. The molecule has 0 atom stereocenters. The molecule has 0 aliphatic heterocycles. The molecule has 0 aliphatic rings. The summed E-state index contributed by atoms with van der Waals surface area (Å²) in [6.45, 7) is 4.34. The second-order valence-electron chi connectivity index (χ2n) is 5.42. The summed E-state index contributed by atoms with van der Waals surface area (Å²) in [6.07, 6.45) is 0.702. The van der Waals surface area contributed by atoms with Crippen molar-refractivity contribution < 1.29 is 8.42 Å². The molecule has 0 aromatic heterocycles. The van der Waals surface area contributed by atoms with Crippen LogP contribution in [-0.2, 0) is 16.4 Å². The molecule has 0 unspecified atom stereocenters. The predicted octanol–water partition coefficient (Wildman–Crippen LogP) is 2.14. The molecule has 2 aromatic carbocycles. The molecule has 0 amide bonds. The van der Waals surface area contributed by atoms with Crippen molar-refractivity contribution in [3.63, 3.8) is 0 Å². The van der Waals surface area contributed by atoms with Crippen molar-refractivity contribution in [2.24, 2.45) is 10.7 Å². The molecule has 2 rings (SSSR count). The molecule has 0 heterocycles. The van der Waals surface area contributed by atoms with Crippen molar-refractivity contribution in [3.05, 3.63) is 65.2 Å². The van der Waals surface area contributed by atoms with Crippen LogP contribution in [0.15, 0.2) is 58.4 Å². The van der Waals surface area contributed by atoms with E-state index in [0.717, 1.165) is 11.1 Å². The van der Waals surface area contributed by atoms with E-state index >= 15 is 0 Å². The van der Waals surface area contributed by atoms with E-state index < -0.39 is 10.0 Å². The molecule has 0 radical (unpaired) electrons. The van der Waals surface area contributed by atoms with Gasteiger partial charge < -0.3 is 5.73 Å². The third-order valence-electron chi connectivity index (χ3n) is 3.37. The van der Waals surface area contributed by atoms with Gasteiger partial charge in [0.1, 0.15) is 0 Å². The number of nitrogens with two attached hydrogens (primary N) is 1. The van der Waals surface area contributed by atoms with Crippen molar-refractivity contribution in [3.8, 4) is 0 Å². The van der Waals surface area contributed by atoms with E-state index in [4.69, 9.17) is 5.73 Å². The third kappa shape index (κ3) is 5.10. The fourth-order valence-corrected chi connectivity index (χ4v) is 2.96. The quantitative estimate of drug-likeness (QED) is 0.650. The van der Waals surface area contributed by atoms with Crippen molar-refractivity contribution in [1.29, 1.82) is 0 Å². The van der Waals surface area contributed by atoms with Crippen LogP contribution < -0.4 is 10.5 Å². The molecule has 2 aromatic rings. The molecule has 5 nitrogen and oxygen atoms in total. The van der Waals surface area contributed by atoms with Crippen LogP contribution in [0.4, 0.5) is 0 Å². The first-order chi connectivity index (χ1) is 10.9. The van der Waals surface area contributed by atoms with Gasteiger partial charge in [0, 0.05) is 6.54 Å². The van der Waals surface area contributed by atoms with E-state index in [0.29, 0.717) is 13.0 Å². The van der Waals surface area contributed by atoms with Crippen LogP contribution in [0.5, 0.6) is 0 Å². The maximum atomic E-state index is 12.2. The average Bonchev–Trinajstić information content (AvgIpc) is 2.49. The van der Waals surface area contributed by atoms with Crippen molar-refractivity contribution >= 4 is 16.0 Å². The van der Waals surface area contributed by atoms with Crippen LogP contribution >= 0.6 is 0 Å². The third-order valence-corrected chi connectivity index (χ3v) is 4.74. The fraction of sp³-hybridized carbons (Fsp3) is 0.235. The number of sulfonamides is 1. The molecule has 0 saturated heterocycles. The SMILES string of the molecule is Cc1ccc(CCN=C(N)NS(=O)(=O)c2ccc(C)cc2)cc1. The molecule has 0 bridgehead atoms.